The zero-order chi connectivity index (χ0) is 17.6. The van der Waals surface area contributed by atoms with Gasteiger partial charge in [0.1, 0.15) is 11.6 Å². The number of likely N-dealkylation sites (tertiary alicyclic amines) is 1. The van der Waals surface area contributed by atoms with Crippen LogP contribution in [0.15, 0.2) is 4.99 Å². The van der Waals surface area contributed by atoms with E-state index in [0.29, 0.717) is 6.04 Å². The van der Waals surface area contributed by atoms with Gasteiger partial charge in [-0.2, -0.15) is 5.10 Å². The average Bonchev–Trinajstić information content (AvgIpc) is 3.00. The smallest absolute Gasteiger partial charge is 0.191 e. The Morgan fingerprint density at radius 3 is 2.80 bits per heavy atom. The molecule has 2 N–H and O–H groups in total. The molecule has 1 atom stereocenters. The number of guanidine groups is 1. The monoisotopic (exact) mass is 347 g/mol. The molecule has 7 nitrogen and oxygen atoms in total. The molecule has 1 fully saturated rings. The van der Waals surface area contributed by atoms with Crippen LogP contribution < -0.4 is 10.6 Å². The lowest BCUT2D eigenvalue weighted by Crippen LogP contribution is -2.47. The summed E-state index contributed by atoms with van der Waals surface area (Å²) in [6.07, 6.45) is 5.95. The van der Waals surface area contributed by atoms with Crippen LogP contribution in [0.2, 0.25) is 0 Å². The Morgan fingerprint density at radius 1 is 1.28 bits per heavy atom. The highest BCUT2D eigenvalue weighted by atomic mass is 15.4. The highest BCUT2D eigenvalue weighted by Crippen LogP contribution is 2.19. The Morgan fingerprint density at radius 2 is 2.08 bits per heavy atom. The molecule has 7 heteroatoms. The van der Waals surface area contributed by atoms with Crippen LogP contribution in [-0.2, 0) is 13.0 Å². The topological polar surface area (TPSA) is 70.4 Å². The molecule has 1 aromatic heterocycles. The summed E-state index contributed by atoms with van der Waals surface area (Å²) in [4.78, 5) is 11.4. The van der Waals surface area contributed by atoms with Gasteiger partial charge in [-0.25, -0.2) is 9.67 Å². The van der Waals surface area contributed by atoms with Crippen molar-refractivity contribution in [2.75, 3.05) is 33.2 Å². The van der Waals surface area contributed by atoms with E-state index in [-0.39, 0.29) is 0 Å². The van der Waals surface area contributed by atoms with Crippen LogP contribution in [0.25, 0.3) is 0 Å². The summed E-state index contributed by atoms with van der Waals surface area (Å²) in [5.41, 5.74) is 0. The molecule has 0 spiro atoms. The fourth-order valence-electron chi connectivity index (χ4n) is 3.93. The minimum absolute atomic E-state index is 0.368. The number of rotatable bonds is 5. The second-order valence-corrected chi connectivity index (χ2v) is 7.30. The van der Waals surface area contributed by atoms with Crippen molar-refractivity contribution in [1.29, 1.82) is 0 Å². The van der Waals surface area contributed by atoms with E-state index in [1.807, 2.05) is 18.7 Å². The highest BCUT2D eigenvalue weighted by Gasteiger charge is 2.22. The van der Waals surface area contributed by atoms with Crippen molar-refractivity contribution in [1.82, 2.24) is 30.3 Å². The molecule has 0 saturated carbocycles. The van der Waals surface area contributed by atoms with E-state index in [4.69, 9.17) is 0 Å². The van der Waals surface area contributed by atoms with Gasteiger partial charge in [0.05, 0.1) is 6.54 Å². The van der Waals surface area contributed by atoms with Gasteiger partial charge in [-0.15, -0.1) is 0 Å². The van der Waals surface area contributed by atoms with Gasteiger partial charge in [0, 0.05) is 26.1 Å². The summed E-state index contributed by atoms with van der Waals surface area (Å²) in [5.74, 6) is 3.74. The van der Waals surface area contributed by atoms with Crippen molar-refractivity contribution in [2.45, 2.75) is 58.5 Å². The van der Waals surface area contributed by atoms with Gasteiger partial charge in [0.15, 0.2) is 5.96 Å². The van der Waals surface area contributed by atoms with Gasteiger partial charge in [-0.1, -0.05) is 6.92 Å². The van der Waals surface area contributed by atoms with E-state index in [1.165, 1.54) is 38.9 Å². The largest absolute Gasteiger partial charge is 0.356 e. The molecule has 0 radical (unpaired) electrons. The maximum Gasteiger partial charge on any atom is 0.191 e. The molecular weight excluding hydrogens is 314 g/mol. The van der Waals surface area contributed by atoms with Crippen LogP contribution in [0.5, 0.6) is 0 Å². The predicted octanol–water partition coefficient (Wildman–Crippen LogP) is 1.19. The lowest BCUT2D eigenvalue weighted by atomic mass is 9.93. The highest BCUT2D eigenvalue weighted by molar-refractivity contribution is 5.79. The first kappa shape index (κ1) is 18.2. The molecular formula is C18H33N7. The first-order chi connectivity index (χ1) is 12.2. The van der Waals surface area contributed by atoms with E-state index >= 15 is 0 Å². The fraction of sp³-hybridized carbons (Fsp3) is 0.833. The number of nitrogens with one attached hydrogen (secondary N) is 2. The van der Waals surface area contributed by atoms with Crippen molar-refractivity contribution in [2.24, 2.45) is 10.9 Å². The third-order valence-corrected chi connectivity index (χ3v) is 5.53. The average molecular weight is 348 g/mol. The number of aliphatic imine (C=N–C) groups is 1. The molecule has 0 aliphatic carbocycles. The quantitative estimate of drug-likeness (QED) is 0.618. The van der Waals surface area contributed by atoms with E-state index in [2.05, 4.69) is 37.5 Å². The fourth-order valence-corrected chi connectivity index (χ4v) is 3.93. The van der Waals surface area contributed by atoms with Gasteiger partial charge < -0.3 is 15.5 Å². The molecule has 0 bridgehead atoms. The minimum Gasteiger partial charge on any atom is -0.356 e. The molecule has 1 aromatic rings. The lowest BCUT2D eigenvalue weighted by Gasteiger charge is -2.31. The maximum absolute atomic E-state index is 4.47. The van der Waals surface area contributed by atoms with Crippen molar-refractivity contribution in [3.63, 3.8) is 0 Å². The van der Waals surface area contributed by atoms with Gasteiger partial charge in [-0.3, -0.25) is 4.99 Å². The van der Waals surface area contributed by atoms with Crippen LogP contribution in [0.4, 0.5) is 0 Å². The summed E-state index contributed by atoms with van der Waals surface area (Å²) < 4.78 is 2.03. The van der Waals surface area contributed by atoms with Crippen LogP contribution in [0, 0.1) is 12.8 Å². The predicted molar refractivity (Wildman–Crippen MR) is 101 cm³/mol. The number of fused-ring (bicyclic) bond motifs is 1. The van der Waals surface area contributed by atoms with Crippen LogP contribution in [-0.4, -0.2) is 64.9 Å². The van der Waals surface area contributed by atoms with E-state index < -0.39 is 0 Å². The number of hydrogen-bond donors (Lipinski definition) is 2. The number of nitrogens with zero attached hydrogens (tertiary/aromatic N) is 5. The minimum atomic E-state index is 0.368. The van der Waals surface area contributed by atoms with Crippen molar-refractivity contribution in [3.8, 4) is 0 Å². The Labute approximate surface area is 151 Å². The molecule has 0 amide bonds. The molecule has 3 rings (SSSR count). The first-order valence-corrected chi connectivity index (χ1v) is 9.77. The Balaban J connectivity index is 1.39. The molecule has 2 aliphatic heterocycles. The first-order valence-electron chi connectivity index (χ1n) is 9.77. The Hall–Kier alpha value is -1.63. The van der Waals surface area contributed by atoms with E-state index in [1.54, 1.807) is 0 Å². The second kappa shape index (κ2) is 8.65. The van der Waals surface area contributed by atoms with Gasteiger partial charge in [0.25, 0.3) is 0 Å². The molecule has 1 saturated heterocycles. The zero-order valence-corrected chi connectivity index (χ0v) is 16.0. The maximum atomic E-state index is 4.47. The van der Waals surface area contributed by atoms with E-state index in [9.17, 15) is 0 Å². The number of aromatic nitrogens is 3. The third-order valence-electron chi connectivity index (χ3n) is 5.53. The molecule has 2 aliphatic rings. The summed E-state index contributed by atoms with van der Waals surface area (Å²) in [7, 11) is 1.85. The molecule has 25 heavy (non-hydrogen) atoms. The van der Waals surface area contributed by atoms with E-state index in [0.717, 1.165) is 49.5 Å². The number of hydrogen-bond acceptors (Lipinski definition) is 4. The molecule has 1 unspecified atom stereocenters. The zero-order valence-electron chi connectivity index (χ0n) is 16.0. The Bertz CT molecular complexity index is 572. The van der Waals surface area contributed by atoms with Crippen molar-refractivity contribution in [3.05, 3.63) is 11.6 Å². The van der Waals surface area contributed by atoms with Crippen LogP contribution >= 0.6 is 0 Å². The summed E-state index contributed by atoms with van der Waals surface area (Å²) >= 11 is 0. The number of aryl methyl sites for hydroxylation is 2. The van der Waals surface area contributed by atoms with Crippen molar-refractivity contribution < 1.29 is 0 Å². The summed E-state index contributed by atoms with van der Waals surface area (Å²) in [6, 6.07) is 0.368. The standard InChI is InChI=1S/C18H33N7/c1-4-24-11-8-15(9-12-24)7-10-20-18(19-3)22-16-5-6-17-21-14(2)23-25(17)13-16/h15-16H,4-13H2,1-3H3,(H2,19,20,22). The normalized spacial score (nSPS) is 22.7. The summed E-state index contributed by atoms with van der Waals surface area (Å²) in [6.45, 7) is 9.79. The van der Waals surface area contributed by atoms with Gasteiger partial charge in [0.2, 0.25) is 0 Å². The number of piperidine rings is 1. The van der Waals surface area contributed by atoms with Gasteiger partial charge >= 0.3 is 0 Å². The summed E-state index contributed by atoms with van der Waals surface area (Å²) in [5, 5.41) is 11.5. The lowest BCUT2D eigenvalue weighted by molar-refractivity contribution is 0.187. The second-order valence-electron chi connectivity index (χ2n) is 7.30. The SMILES string of the molecule is CCN1CCC(CCNC(=NC)NC2CCc3nc(C)nn3C2)CC1. The molecule has 0 aromatic carbocycles. The van der Waals surface area contributed by atoms with Crippen molar-refractivity contribution >= 4 is 5.96 Å². The Kier molecular flexibility index (Phi) is 6.29. The van der Waals surface area contributed by atoms with Crippen LogP contribution in [0.3, 0.4) is 0 Å². The third kappa shape index (κ3) is 4.93. The molecule has 3 heterocycles. The van der Waals surface area contributed by atoms with Gasteiger partial charge in [-0.05, 0) is 58.2 Å². The molecule has 140 valence electrons. The van der Waals surface area contributed by atoms with Crippen LogP contribution in [0.1, 0.15) is 44.3 Å².